The van der Waals surface area contributed by atoms with E-state index in [4.69, 9.17) is 4.74 Å². The number of fused-ring (bicyclic) bond motifs is 1. The smallest absolute Gasteiger partial charge is 0.411 e. The van der Waals surface area contributed by atoms with E-state index in [1.54, 1.807) is 34.7 Å². The van der Waals surface area contributed by atoms with Gasteiger partial charge in [0.1, 0.15) is 17.4 Å². The van der Waals surface area contributed by atoms with Gasteiger partial charge in [-0.2, -0.15) is 0 Å². The average Bonchev–Trinajstić information content (AvgIpc) is 2.50. The summed E-state index contributed by atoms with van der Waals surface area (Å²) < 4.78 is 5.42. The minimum Gasteiger partial charge on any atom is -0.444 e. The molecule has 128 valence electrons. The van der Waals surface area contributed by atoms with E-state index in [1.807, 2.05) is 37.3 Å². The van der Waals surface area contributed by atoms with Crippen LogP contribution in [0.15, 0.2) is 30.3 Å². The quantitative estimate of drug-likeness (QED) is 0.804. The van der Waals surface area contributed by atoms with Crippen molar-refractivity contribution in [3.63, 3.8) is 0 Å². The molecule has 0 saturated heterocycles. The molecule has 1 unspecified atom stereocenters. The molecule has 1 amide bonds. The third-order valence-electron chi connectivity index (χ3n) is 3.98. The molecule has 0 aliphatic rings. The van der Waals surface area contributed by atoms with E-state index >= 15 is 0 Å². The second-order valence-electron chi connectivity index (χ2n) is 7.13. The first-order valence-electron chi connectivity index (χ1n) is 7.88. The Bertz CT molecular complexity index is 780. The Labute approximate surface area is 142 Å². The van der Waals surface area contributed by atoms with Gasteiger partial charge < -0.3 is 9.53 Å². The number of pyridine rings is 1. The molecular weight excluding hydrogens is 304 g/mol. The molecule has 0 bridgehead atoms. The number of hydrogen-bond donors (Lipinski definition) is 0. The SMILES string of the molecule is Cc1cc(C(C)(C=O)N(C)C(=O)OC(C)(C)C)c2ccccc2n1. The maximum absolute atomic E-state index is 12.5. The highest BCUT2D eigenvalue weighted by Gasteiger charge is 2.38. The van der Waals surface area contributed by atoms with Gasteiger partial charge in [-0.1, -0.05) is 18.2 Å². The fraction of sp³-hybridized carbons (Fsp3) is 0.421. The van der Waals surface area contributed by atoms with Gasteiger partial charge in [0.25, 0.3) is 0 Å². The number of hydrogen-bond acceptors (Lipinski definition) is 4. The second kappa shape index (κ2) is 6.23. The first-order chi connectivity index (χ1) is 11.1. The van der Waals surface area contributed by atoms with Crippen LogP contribution in [-0.2, 0) is 15.1 Å². The van der Waals surface area contributed by atoms with Crippen LogP contribution in [0.3, 0.4) is 0 Å². The Kier molecular flexibility index (Phi) is 4.65. The summed E-state index contributed by atoms with van der Waals surface area (Å²) in [6.07, 6.45) is 0.230. The molecular formula is C19H24N2O3. The number of aromatic nitrogens is 1. The van der Waals surface area contributed by atoms with Gasteiger partial charge in [-0.3, -0.25) is 9.88 Å². The largest absolute Gasteiger partial charge is 0.444 e. The molecule has 1 heterocycles. The van der Waals surface area contributed by atoms with Crippen molar-refractivity contribution in [2.45, 2.75) is 45.8 Å². The molecule has 1 aromatic carbocycles. The zero-order valence-electron chi connectivity index (χ0n) is 15.1. The number of carbonyl (C=O) groups is 2. The lowest BCUT2D eigenvalue weighted by molar-refractivity contribution is -0.117. The second-order valence-corrected chi connectivity index (χ2v) is 7.13. The summed E-state index contributed by atoms with van der Waals surface area (Å²) in [6, 6.07) is 9.43. The van der Waals surface area contributed by atoms with Crippen molar-refractivity contribution in [3.05, 3.63) is 41.6 Å². The van der Waals surface area contributed by atoms with Crippen LogP contribution in [-0.4, -0.2) is 34.9 Å². The van der Waals surface area contributed by atoms with E-state index in [2.05, 4.69) is 4.98 Å². The molecule has 0 spiro atoms. The third-order valence-corrected chi connectivity index (χ3v) is 3.98. The summed E-state index contributed by atoms with van der Waals surface area (Å²) in [5, 5.41) is 0.841. The first-order valence-corrected chi connectivity index (χ1v) is 7.88. The van der Waals surface area contributed by atoms with Crippen molar-refractivity contribution in [1.82, 2.24) is 9.88 Å². The Morgan fingerprint density at radius 1 is 1.21 bits per heavy atom. The fourth-order valence-electron chi connectivity index (χ4n) is 2.57. The van der Waals surface area contributed by atoms with Gasteiger partial charge in [-0.05, 0) is 52.3 Å². The summed E-state index contributed by atoms with van der Waals surface area (Å²) in [7, 11) is 1.58. The van der Waals surface area contributed by atoms with Crippen molar-refractivity contribution in [2.75, 3.05) is 7.05 Å². The van der Waals surface area contributed by atoms with Crippen LogP contribution in [0, 0.1) is 6.92 Å². The molecule has 0 N–H and O–H groups in total. The molecule has 0 aliphatic heterocycles. The minimum atomic E-state index is -1.16. The standard InChI is InChI=1S/C19H24N2O3/c1-13-11-15(14-9-7-8-10-16(14)20-13)19(5,12-22)21(6)17(23)24-18(2,3)4/h7-12H,1-6H3. The maximum atomic E-state index is 12.5. The zero-order chi connectivity index (χ0) is 18.1. The van der Waals surface area contributed by atoms with E-state index in [0.29, 0.717) is 0 Å². The van der Waals surface area contributed by atoms with Gasteiger partial charge >= 0.3 is 6.09 Å². The monoisotopic (exact) mass is 328 g/mol. The summed E-state index contributed by atoms with van der Waals surface area (Å²) in [6.45, 7) is 8.97. The topological polar surface area (TPSA) is 59.5 Å². The first kappa shape index (κ1) is 17.9. The van der Waals surface area contributed by atoms with Crippen LogP contribution in [0.5, 0.6) is 0 Å². The Hall–Kier alpha value is -2.43. The molecule has 1 aromatic heterocycles. The lowest BCUT2D eigenvalue weighted by Gasteiger charge is -2.36. The van der Waals surface area contributed by atoms with Crippen molar-refractivity contribution in [1.29, 1.82) is 0 Å². The molecule has 0 radical (unpaired) electrons. The Morgan fingerprint density at radius 3 is 2.42 bits per heavy atom. The molecule has 0 fully saturated rings. The number of benzene rings is 1. The highest BCUT2D eigenvalue weighted by molar-refractivity contribution is 5.89. The van der Waals surface area contributed by atoms with Gasteiger partial charge in [0, 0.05) is 18.1 Å². The minimum absolute atomic E-state index is 0.546. The van der Waals surface area contributed by atoms with Gasteiger partial charge in [0.05, 0.1) is 5.52 Å². The van der Waals surface area contributed by atoms with Gasteiger partial charge in [-0.25, -0.2) is 4.79 Å². The average molecular weight is 328 g/mol. The van der Waals surface area contributed by atoms with Crippen molar-refractivity contribution >= 4 is 23.3 Å². The summed E-state index contributed by atoms with van der Waals surface area (Å²) >= 11 is 0. The maximum Gasteiger partial charge on any atom is 0.411 e. The lowest BCUT2D eigenvalue weighted by Crippen LogP contribution is -2.48. The normalized spacial score (nSPS) is 14.1. The highest BCUT2D eigenvalue weighted by atomic mass is 16.6. The predicted octanol–water partition coefficient (Wildman–Crippen LogP) is 3.82. The van der Waals surface area contributed by atoms with Gasteiger partial charge in [0.2, 0.25) is 0 Å². The summed E-state index contributed by atoms with van der Waals surface area (Å²) in [5.74, 6) is 0. The Morgan fingerprint density at radius 2 is 1.83 bits per heavy atom. The molecule has 0 saturated carbocycles. The number of rotatable bonds is 3. The summed E-state index contributed by atoms with van der Waals surface area (Å²) in [4.78, 5) is 30.3. The summed E-state index contributed by atoms with van der Waals surface area (Å²) in [5.41, 5.74) is 0.516. The highest BCUT2D eigenvalue weighted by Crippen LogP contribution is 2.32. The number of nitrogens with zero attached hydrogens (tertiary/aromatic N) is 2. The van der Waals surface area contributed by atoms with E-state index in [0.717, 1.165) is 28.4 Å². The van der Waals surface area contributed by atoms with Crippen LogP contribution in [0.25, 0.3) is 10.9 Å². The van der Waals surface area contributed by atoms with Crippen LogP contribution in [0.2, 0.25) is 0 Å². The van der Waals surface area contributed by atoms with Crippen LogP contribution in [0.1, 0.15) is 39.0 Å². The number of para-hydroxylation sites is 1. The predicted molar refractivity (Wildman–Crippen MR) is 93.9 cm³/mol. The molecule has 1 atom stereocenters. The number of aldehydes is 1. The third kappa shape index (κ3) is 3.40. The molecule has 5 nitrogen and oxygen atoms in total. The molecule has 0 aliphatic carbocycles. The number of ether oxygens (including phenoxy) is 1. The van der Waals surface area contributed by atoms with E-state index in [1.165, 1.54) is 4.90 Å². The number of carbonyl (C=O) groups excluding carboxylic acids is 2. The number of amides is 1. The van der Waals surface area contributed by atoms with Crippen LogP contribution >= 0.6 is 0 Å². The van der Waals surface area contributed by atoms with Crippen LogP contribution in [0.4, 0.5) is 4.79 Å². The molecule has 2 rings (SSSR count). The van der Waals surface area contributed by atoms with Crippen molar-refractivity contribution in [3.8, 4) is 0 Å². The van der Waals surface area contributed by atoms with Gasteiger partial charge in [-0.15, -0.1) is 0 Å². The fourth-order valence-corrected chi connectivity index (χ4v) is 2.57. The van der Waals surface area contributed by atoms with Crippen molar-refractivity contribution in [2.24, 2.45) is 0 Å². The Balaban J connectivity index is 2.58. The van der Waals surface area contributed by atoms with E-state index in [-0.39, 0.29) is 0 Å². The lowest BCUT2D eigenvalue weighted by atomic mass is 9.89. The molecule has 24 heavy (non-hydrogen) atoms. The van der Waals surface area contributed by atoms with Gasteiger partial charge in [0.15, 0.2) is 0 Å². The van der Waals surface area contributed by atoms with Crippen molar-refractivity contribution < 1.29 is 14.3 Å². The van der Waals surface area contributed by atoms with Crippen LogP contribution < -0.4 is 0 Å². The molecule has 2 aromatic rings. The van der Waals surface area contributed by atoms with E-state index < -0.39 is 17.2 Å². The van der Waals surface area contributed by atoms with E-state index in [9.17, 15) is 9.59 Å². The zero-order valence-corrected chi connectivity index (χ0v) is 15.1. The number of aryl methyl sites for hydroxylation is 1. The molecule has 5 heteroatoms. The number of likely N-dealkylation sites (N-methyl/N-ethyl adjacent to an activating group) is 1.